The molecule has 0 fully saturated rings. The molecule has 4 aromatic rings. The van der Waals surface area contributed by atoms with Gasteiger partial charge in [-0.05, 0) is 42.0 Å². The van der Waals surface area contributed by atoms with Crippen LogP contribution in [0.25, 0.3) is 5.65 Å². The molecule has 2 aromatic heterocycles. The van der Waals surface area contributed by atoms with Crippen molar-refractivity contribution in [3.63, 3.8) is 0 Å². The molecule has 6 nitrogen and oxygen atoms in total. The zero-order valence-corrected chi connectivity index (χ0v) is 16.1. The molecule has 4 rings (SSSR count). The van der Waals surface area contributed by atoms with Gasteiger partial charge < -0.3 is 10.1 Å². The number of alkyl halides is 3. The first-order valence-electron chi connectivity index (χ1n) is 9.36. The fourth-order valence-electron chi connectivity index (χ4n) is 3.07. The molecule has 0 aliphatic rings. The van der Waals surface area contributed by atoms with Gasteiger partial charge in [-0.2, -0.15) is 13.2 Å². The molecule has 158 valence electrons. The molecule has 1 N–H and O–H groups in total. The SMILES string of the molecule is O=C(COc1ccccc1C(F)(F)F)Nc1ccc(Cc2nnc3ccccn23)cc1. The lowest BCUT2D eigenvalue weighted by molar-refractivity contribution is -0.139. The topological polar surface area (TPSA) is 68.5 Å². The molecular weight excluding hydrogens is 409 g/mol. The number of carbonyl (C=O) groups excluding carboxylic acids is 1. The number of para-hydroxylation sites is 1. The lowest BCUT2D eigenvalue weighted by Gasteiger charge is -2.13. The molecule has 0 saturated heterocycles. The summed E-state index contributed by atoms with van der Waals surface area (Å²) in [5, 5.41) is 10.9. The minimum Gasteiger partial charge on any atom is -0.483 e. The van der Waals surface area contributed by atoms with Gasteiger partial charge in [0.2, 0.25) is 0 Å². The van der Waals surface area contributed by atoms with E-state index in [1.54, 1.807) is 12.1 Å². The van der Waals surface area contributed by atoms with E-state index in [9.17, 15) is 18.0 Å². The number of nitrogens with one attached hydrogen (secondary N) is 1. The molecule has 0 spiro atoms. The molecule has 1 amide bonds. The summed E-state index contributed by atoms with van der Waals surface area (Å²) in [5.41, 5.74) is 1.31. The maximum absolute atomic E-state index is 13.0. The fraction of sp³-hybridized carbons (Fsp3) is 0.136. The van der Waals surface area contributed by atoms with Gasteiger partial charge in [0.15, 0.2) is 12.3 Å². The van der Waals surface area contributed by atoms with Crippen LogP contribution in [-0.4, -0.2) is 27.1 Å². The van der Waals surface area contributed by atoms with Crippen LogP contribution in [-0.2, 0) is 17.4 Å². The zero-order valence-electron chi connectivity index (χ0n) is 16.1. The maximum atomic E-state index is 13.0. The van der Waals surface area contributed by atoms with Gasteiger partial charge in [-0.1, -0.05) is 30.3 Å². The van der Waals surface area contributed by atoms with Crippen molar-refractivity contribution in [2.24, 2.45) is 0 Å². The van der Waals surface area contributed by atoms with Crippen molar-refractivity contribution in [1.82, 2.24) is 14.6 Å². The number of nitrogens with zero attached hydrogens (tertiary/aromatic N) is 3. The first-order valence-corrected chi connectivity index (χ1v) is 9.36. The van der Waals surface area contributed by atoms with Gasteiger partial charge in [-0.3, -0.25) is 9.20 Å². The Kier molecular flexibility index (Phi) is 5.57. The average Bonchev–Trinajstić information content (AvgIpc) is 3.16. The van der Waals surface area contributed by atoms with Crippen molar-refractivity contribution in [3.05, 3.63) is 89.9 Å². The van der Waals surface area contributed by atoms with Crippen molar-refractivity contribution < 1.29 is 22.7 Å². The number of anilines is 1. The number of rotatable bonds is 6. The number of hydrogen-bond acceptors (Lipinski definition) is 4. The van der Waals surface area contributed by atoms with Crippen LogP contribution in [0.2, 0.25) is 0 Å². The lowest BCUT2D eigenvalue weighted by atomic mass is 10.1. The van der Waals surface area contributed by atoms with E-state index in [2.05, 4.69) is 15.5 Å². The summed E-state index contributed by atoms with van der Waals surface area (Å²) in [6.45, 7) is -0.541. The van der Waals surface area contributed by atoms with Crippen LogP contribution >= 0.6 is 0 Å². The number of fused-ring (bicyclic) bond motifs is 1. The number of pyridine rings is 1. The smallest absolute Gasteiger partial charge is 0.419 e. The van der Waals surface area contributed by atoms with Gasteiger partial charge in [-0.15, -0.1) is 10.2 Å². The van der Waals surface area contributed by atoms with Crippen molar-refractivity contribution in [2.75, 3.05) is 11.9 Å². The first-order chi connectivity index (χ1) is 14.9. The number of aromatic nitrogens is 3. The Hall–Kier alpha value is -3.88. The predicted molar refractivity (Wildman–Crippen MR) is 108 cm³/mol. The van der Waals surface area contributed by atoms with Crippen molar-refractivity contribution in [2.45, 2.75) is 12.6 Å². The second-order valence-corrected chi connectivity index (χ2v) is 6.75. The summed E-state index contributed by atoms with van der Waals surface area (Å²) in [7, 11) is 0. The van der Waals surface area contributed by atoms with E-state index in [1.807, 2.05) is 40.9 Å². The zero-order chi connectivity index (χ0) is 21.8. The molecule has 0 aliphatic heterocycles. The van der Waals surface area contributed by atoms with E-state index in [0.717, 1.165) is 23.1 Å². The maximum Gasteiger partial charge on any atom is 0.419 e. The predicted octanol–water partition coefficient (Wildman–Crippen LogP) is 4.36. The fourth-order valence-corrected chi connectivity index (χ4v) is 3.07. The molecule has 2 aromatic carbocycles. The highest BCUT2D eigenvalue weighted by molar-refractivity contribution is 5.91. The van der Waals surface area contributed by atoms with Crippen molar-refractivity contribution in [1.29, 1.82) is 0 Å². The highest BCUT2D eigenvalue weighted by Gasteiger charge is 2.34. The second kappa shape index (κ2) is 8.47. The van der Waals surface area contributed by atoms with E-state index in [-0.39, 0.29) is 5.75 Å². The van der Waals surface area contributed by atoms with E-state index >= 15 is 0 Å². The molecule has 0 saturated carbocycles. The first kappa shape index (κ1) is 20.4. The van der Waals surface area contributed by atoms with Gasteiger partial charge in [0.25, 0.3) is 5.91 Å². The Morgan fingerprint density at radius 3 is 2.48 bits per heavy atom. The molecule has 9 heteroatoms. The number of benzene rings is 2. The van der Waals surface area contributed by atoms with E-state index in [4.69, 9.17) is 4.74 Å². The van der Waals surface area contributed by atoms with Crippen LogP contribution < -0.4 is 10.1 Å². The van der Waals surface area contributed by atoms with Crippen LogP contribution in [0.3, 0.4) is 0 Å². The monoisotopic (exact) mass is 426 g/mol. The highest BCUT2D eigenvalue weighted by Crippen LogP contribution is 2.35. The number of halogens is 3. The van der Waals surface area contributed by atoms with Crippen LogP contribution in [0.4, 0.5) is 18.9 Å². The van der Waals surface area contributed by atoms with Gasteiger partial charge in [0.05, 0.1) is 5.56 Å². The van der Waals surface area contributed by atoms with E-state index in [1.165, 1.54) is 18.2 Å². The summed E-state index contributed by atoms with van der Waals surface area (Å²) in [6.07, 6.45) is -2.12. The standard InChI is InChI=1S/C22H17F3N4O2/c23-22(24,25)17-5-1-2-6-18(17)31-14-21(30)26-16-10-8-15(9-11-16)13-20-28-27-19-7-3-4-12-29(19)20/h1-12H,13-14H2,(H,26,30). The van der Waals surface area contributed by atoms with Crippen LogP contribution in [0.15, 0.2) is 72.9 Å². The molecule has 2 heterocycles. The Labute approximate surface area is 175 Å². The highest BCUT2D eigenvalue weighted by atomic mass is 19.4. The molecule has 0 aliphatic carbocycles. The summed E-state index contributed by atoms with van der Waals surface area (Å²) < 4.78 is 45.9. The molecular formula is C22H17F3N4O2. The summed E-state index contributed by atoms with van der Waals surface area (Å²) in [5.74, 6) is -0.168. The molecule has 0 atom stereocenters. The van der Waals surface area contributed by atoms with E-state index < -0.39 is 24.3 Å². The third-order valence-electron chi connectivity index (χ3n) is 4.54. The van der Waals surface area contributed by atoms with Crippen molar-refractivity contribution >= 4 is 17.2 Å². The number of carbonyl (C=O) groups is 1. The summed E-state index contributed by atoms with van der Waals surface area (Å²) >= 11 is 0. The van der Waals surface area contributed by atoms with Gasteiger partial charge in [0.1, 0.15) is 11.6 Å². The normalized spacial score (nSPS) is 11.5. The number of amides is 1. The van der Waals surface area contributed by atoms with Gasteiger partial charge in [-0.25, -0.2) is 0 Å². The Morgan fingerprint density at radius 1 is 0.968 bits per heavy atom. The molecule has 0 radical (unpaired) electrons. The van der Waals surface area contributed by atoms with Crippen molar-refractivity contribution in [3.8, 4) is 5.75 Å². The molecule has 31 heavy (non-hydrogen) atoms. The second-order valence-electron chi connectivity index (χ2n) is 6.75. The third-order valence-corrected chi connectivity index (χ3v) is 4.54. The quantitative estimate of drug-likeness (QED) is 0.498. The van der Waals surface area contributed by atoms with Crippen LogP contribution in [0.1, 0.15) is 17.0 Å². The summed E-state index contributed by atoms with van der Waals surface area (Å²) in [4.78, 5) is 12.1. The summed E-state index contributed by atoms with van der Waals surface area (Å²) in [6, 6.07) is 17.5. The van der Waals surface area contributed by atoms with Gasteiger partial charge in [0, 0.05) is 18.3 Å². The molecule has 0 unspecified atom stereocenters. The number of ether oxygens (including phenoxy) is 1. The molecule has 0 bridgehead atoms. The third kappa shape index (κ3) is 4.82. The Balaban J connectivity index is 1.36. The number of hydrogen-bond donors (Lipinski definition) is 1. The van der Waals surface area contributed by atoms with E-state index in [0.29, 0.717) is 12.1 Å². The Morgan fingerprint density at radius 2 is 1.71 bits per heavy atom. The minimum absolute atomic E-state index is 0.388. The lowest BCUT2D eigenvalue weighted by Crippen LogP contribution is -2.21. The van der Waals surface area contributed by atoms with Crippen LogP contribution in [0.5, 0.6) is 5.75 Å². The van der Waals surface area contributed by atoms with Crippen LogP contribution in [0, 0.1) is 0 Å². The minimum atomic E-state index is -4.56. The Bertz CT molecular complexity index is 1200. The van der Waals surface area contributed by atoms with Gasteiger partial charge >= 0.3 is 6.18 Å². The largest absolute Gasteiger partial charge is 0.483 e. The average molecular weight is 426 g/mol.